The molecule has 1 N–H and O–H groups in total. The molecule has 25 heavy (non-hydrogen) atoms. The Balaban J connectivity index is 2.71. The molecule has 0 amide bonds. The Bertz CT molecular complexity index is 629. The van der Waals surface area contributed by atoms with Gasteiger partial charge in [0.05, 0.1) is 13.0 Å². The Labute approximate surface area is 150 Å². The number of methoxy groups -OCH3 is 1. The van der Waals surface area contributed by atoms with Crippen molar-refractivity contribution in [3.63, 3.8) is 0 Å². The number of ether oxygens (including phenoxy) is 2. The average Bonchev–Trinajstić information content (AvgIpc) is 2.55. The lowest BCUT2D eigenvalue weighted by molar-refractivity contribution is -0.128. The Morgan fingerprint density at radius 3 is 2.48 bits per heavy atom. The molecule has 0 saturated carbocycles. The fourth-order valence-corrected chi connectivity index (χ4v) is 2.02. The van der Waals surface area contributed by atoms with Crippen LogP contribution in [0.3, 0.4) is 0 Å². The van der Waals surface area contributed by atoms with Crippen LogP contribution in [0.25, 0.3) is 6.08 Å². The highest BCUT2D eigenvalue weighted by atomic mass is 16.5. The second kappa shape index (κ2) is 9.37. The predicted molar refractivity (Wildman–Crippen MR) is 100 cm³/mol. The molecule has 0 radical (unpaired) electrons. The molecule has 0 aromatic heterocycles. The van der Waals surface area contributed by atoms with Gasteiger partial charge in [0.15, 0.2) is 17.3 Å². The molecule has 0 aliphatic carbocycles. The molecule has 0 fully saturated rings. The zero-order chi connectivity index (χ0) is 19.0. The predicted octanol–water partition coefficient (Wildman–Crippen LogP) is 3.27. The van der Waals surface area contributed by atoms with Crippen LogP contribution in [0, 0.1) is 5.92 Å². The third kappa shape index (κ3) is 7.52. The number of nitrogens with one attached hydrogen (secondary N) is 1. The highest BCUT2D eigenvalue weighted by Crippen LogP contribution is 2.28. The maximum atomic E-state index is 11.9. The highest BCUT2D eigenvalue weighted by Gasteiger charge is 2.14. The molecule has 1 aromatic rings. The summed E-state index contributed by atoms with van der Waals surface area (Å²) in [6.07, 6.45) is 3.10. The van der Waals surface area contributed by atoms with Gasteiger partial charge in [-0.25, -0.2) is 0 Å². The number of Topliss-reactive ketones (excluding diaryl/α,β-unsaturated/α-hetero) is 1. The second-order valence-electron chi connectivity index (χ2n) is 7.00. The summed E-state index contributed by atoms with van der Waals surface area (Å²) in [6, 6.07) is 5.46. The van der Waals surface area contributed by atoms with Gasteiger partial charge in [0.25, 0.3) is 0 Å². The minimum atomic E-state index is -0.615. The van der Waals surface area contributed by atoms with Crippen LogP contribution < -0.4 is 14.8 Å². The first-order valence-electron chi connectivity index (χ1n) is 8.42. The maximum Gasteiger partial charge on any atom is 0.165 e. The largest absolute Gasteiger partial charge is 0.493 e. The fraction of sp³-hybridized carbons (Fsp3) is 0.500. The third-order valence-electron chi connectivity index (χ3n) is 3.68. The number of carbonyl (C=O) groups is 2. The van der Waals surface area contributed by atoms with Crippen molar-refractivity contribution >= 4 is 17.6 Å². The Kier molecular flexibility index (Phi) is 7.84. The molecule has 0 bridgehead atoms. The summed E-state index contributed by atoms with van der Waals surface area (Å²) < 4.78 is 11.1. The highest BCUT2D eigenvalue weighted by molar-refractivity contribution is 6.07. The van der Waals surface area contributed by atoms with Gasteiger partial charge in [-0.1, -0.05) is 12.1 Å². The van der Waals surface area contributed by atoms with Crippen molar-refractivity contribution in [3.8, 4) is 11.5 Å². The van der Waals surface area contributed by atoms with Crippen LogP contribution in [-0.2, 0) is 9.59 Å². The van der Waals surface area contributed by atoms with E-state index in [0.717, 1.165) is 12.1 Å². The summed E-state index contributed by atoms with van der Waals surface area (Å²) in [6.45, 7) is 10.6. The van der Waals surface area contributed by atoms with E-state index in [4.69, 9.17) is 9.47 Å². The van der Waals surface area contributed by atoms with Crippen molar-refractivity contribution < 1.29 is 19.1 Å². The lowest BCUT2D eigenvalue weighted by Gasteiger charge is -2.20. The van der Waals surface area contributed by atoms with E-state index in [2.05, 4.69) is 26.1 Å². The monoisotopic (exact) mass is 347 g/mol. The first-order chi connectivity index (χ1) is 11.6. The van der Waals surface area contributed by atoms with E-state index in [1.165, 1.54) is 13.0 Å². The minimum Gasteiger partial charge on any atom is -0.493 e. The van der Waals surface area contributed by atoms with Crippen LogP contribution in [0.1, 0.15) is 40.2 Å². The zero-order valence-corrected chi connectivity index (χ0v) is 16.0. The molecule has 0 heterocycles. The first kappa shape index (κ1) is 20.9. The van der Waals surface area contributed by atoms with Crippen molar-refractivity contribution in [2.75, 3.05) is 20.3 Å². The molecule has 1 atom stereocenters. The van der Waals surface area contributed by atoms with Gasteiger partial charge in [-0.05, 0) is 58.4 Å². The molecule has 5 heteroatoms. The SMILES string of the molecule is COc1cc(C=CC(=O)C(C)C(C)=O)ccc1OCCNC(C)(C)C. The van der Waals surface area contributed by atoms with Crippen LogP contribution in [0.15, 0.2) is 24.3 Å². The fourth-order valence-electron chi connectivity index (χ4n) is 2.02. The van der Waals surface area contributed by atoms with Gasteiger partial charge in [-0.2, -0.15) is 0 Å². The maximum absolute atomic E-state index is 11.9. The van der Waals surface area contributed by atoms with Gasteiger partial charge >= 0.3 is 0 Å². The standard InChI is InChI=1S/C20H29NO4/c1-14(15(2)22)17(23)9-7-16-8-10-18(19(13-16)24-6)25-12-11-21-20(3,4)5/h7-10,13-14,21H,11-12H2,1-6H3. The molecule has 1 unspecified atom stereocenters. The number of hydrogen-bond acceptors (Lipinski definition) is 5. The molecule has 0 saturated heterocycles. The van der Waals surface area contributed by atoms with Crippen molar-refractivity contribution in [1.82, 2.24) is 5.32 Å². The Morgan fingerprint density at radius 1 is 1.24 bits per heavy atom. The molecule has 0 aliphatic rings. The zero-order valence-electron chi connectivity index (χ0n) is 16.0. The number of carbonyl (C=O) groups excluding carboxylic acids is 2. The van der Waals surface area contributed by atoms with E-state index in [-0.39, 0.29) is 17.1 Å². The summed E-state index contributed by atoms with van der Waals surface area (Å²) in [5, 5.41) is 3.35. The van der Waals surface area contributed by atoms with Gasteiger partial charge in [0.1, 0.15) is 12.4 Å². The number of benzene rings is 1. The van der Waals surface area contributed by atoms with Gasteiger partial charge in [0, 0.05) is 12.1 Å². The summed E-state index contributed by atoms with van der Waals surface area (Å²) in [4.78, 5) is 23.1. The molecule has 1 aromatic carbocycles. The first-order valence-corrected chi connectivity index (χ1v) is 8.42. The van der Waals surface area contributed by atoms with Gasteiger partial charge in [-0.15, -0.1) is 0 Å². The van der Waals surface area contributed by atoms with Crippen LogP contribution in [-0.4, -0.2) is 37.4 Å². The van der Waals surface area contributed by atoms with Crippen LogP contribution in [0.2, 0.25) is 0 Å². The Hall–Kier alpha value is -2.14. The van der Waals surface area contributed by atoms with E-state index in [1.54, 1.807) is 26.2 Å². The number of hydrogen-bond donors (Lipinski definition) is 1. The molecule has 1 rings (SSSR count). The average molecular weight is 347 g/mol. The molecule has 138 valence electrons. The quantitative estimate of drug-likeness (QED) is 0.422. The molecule has 5 nitrogen and oxygen atoms in total. The smallest absolute Gasteiger partial charge is 0.165 e. The lowest BCUT2D eigenvalue weighted by Crippen LogP contribution is -2.38. The topological polar surface area (TPSA) is 64.6 Å². The number of rotatable bonds is 9. The van der Waals surface area contributed by atoms with Crippen LogP contribution in [0.5, 0.6) is 11.5 Å². The summed E-state index contributed by atoms with van der Waals surface area (Å²) in [7, 11) is 1.58. The van der Waals surface area contributed by atoms with Crippen molar-refractivity contribution in [2.24, 2.45) is 5.92 Å². The van der Waals surface area contributed by atoms with Crippen LogP contribution in [0.4, 0.5) is 0 Å². The summed E-state index contributed by atoms with van der Waals surface area (Å²) >= 11 is 0. The van der Waals surface area contributed by atoms with Crippen molar-refractivity contribution in [3.05, 3.63) is 29.8 Å². The number of ketones is 2. The summed E-state index contributed by atoms with van der Waals surface area (Å²) in [5.74, 6) is 0.291. The van der Waals surface area contributed by atoms with Gasteiger partial charge in [0.2, 0.25) is 0 Å². The van der Waals surface area contributed by atoms with E-state index < -0.39 is 5.92 Å². The van der Waals surface area contributed by atoms with Crippen molar-refractivity contribution in [1.29, 1.82) is 0 Å². The lowest BCUT2D eigenvalue weighted by atomic mass is 10.0. The Morgan fingerprint density at radius 2 is 1.92 bits per heavy atom. The van der Waals surface area contributed by atoms with E-state index in [1.807, 2.05) is 12.1 Å². The normalized spacial score (nSPS) is 12.9. The van der Waals surface area contributed by atoms with Gasteiger partial charge < -0.3 is 14.8 Å². The van der Waals surface area contributed by atoms with Crippen molar-refractivity contribution in [2.45, 2.75) is 40.2 Å². The molecular formula is C20H29NO4. The second-order valence-corrected chi connectivity index (χ2v) is 7.00. The van der Waals surface area contributed by atoms with E-state index in [0.29, 0.717) is 18.1 Å². The summed E-state index contributed by atoms with van der Waals surface area (Å²) in [5.41, 5.74) is 0.854. The number of allylic oxidation sites excluding steroid dienone is 1. The van der Waals surface area contributed by atoms with E-state index in [9.17, 15) is 9.59 Å². The third-order valence-corrected chi connectivity index (χ3v) is 3.68. The molecule has 0 spiro atoms. The minimum absolute atomic E-state index is 0.0473. The molecule has 0 aliphatic heterocycles. The van der Waals surface area contributed by atoms with Gasteiger partial charge in [-0.3, -0.25) is 9.59 Å². The van der Waals surface area contributed by atoms with Crippen LogP contribution >= 0.6 is 0 Å². The molecular weight excluding hydrogens is 318 g/mol. The van der Waals surface area contributed by atoms with E-state index >= 15 is 0 Å².